The lowest BCUT2D eigenvalue weighted by molar-refractivity contribution is 0.0504. The molecule has 6 nitrogen and oxygen atoms in total. The normalized spacial score (nSPS) is 10.4. The van der Waals surface area contributed by atoms with Crippen LogP contribution >= 0.6 is 11.3 Å². The van der Waals surface area contributed by atoms with Crippen molar-refractivity contribution in [2.45, 2.75) is 19.9 Å². The second-order valence-corrected chi connectivity index (χ2v) is 4.31. The number of tetrazole rings is 1. The minimum atomic E-state index is -0.483. The Kier molecular flexibility index (Phi) is 3.81. The van der Waals surface area contributed by atoms with Crippen LogP contribution in [0.3, 0.4) is 0 Å². The summed E-state index contributed by atoms with van der Waals surface area (Å²) in [6, 6.07) is 4.03. The highest BCUT2D eigenvalue weighted by Crippen LogP contribution is 2.10. The Balaban J connectivity index is 2.01. The maximum atomic E-state index is 11.5. The summed E-state index contributed by atoms with van der Waals surface area (Å²) in [5, 5.41) is 12.9. The molecular weight excluding hydrogens is 240 g/mol. The lowest BCUT2D eigenvalue weighted by Gasteiger charge is -2.02. The zero-order chi connectivity index (χ0) is 12.1. The fourth-order valence-electron chi connectivity index (χ4n) is 1.37. The Morgan fingerprint density at radius 1 is 1.59 bits per heavy atom. The number of carbonyl (C=O) groups excluding carboxylic acids is 1. The molecule has 2 aromatic heterocycles. The number of hydrogen-bond acceptors (Lipinski definition) is 6. The van der Waals surface area contributed by atoms with Gasteiger partial charge in [0.25, 0.3) is 5.82 Å². The van der Waals surface area contributed by atoms with Crippen LogP contribution in [0.15, 0.2) is 17.5 Å². The smallest absolute Gasteiger partial charge is 0.378 e. The Morgan fingerprint density at radius 3 is 3.18 bits per heavy atom. The molecule has 2 heterocycles. The van der Waals surface area contributed by atoms with Crippen molar-refractivity contribution in [1.82, 2.24) is 20.2 Å². The van der Waals surface area contributed by atoms with Gasteiger partial charge in [-0.3, -0.25) is 0 Å². The Morgan fingerprint density at radius 2 is 2.47 bits per heavy atom. The molecule has 0 N–H and O–H groups in total. The topological polar surface area (TPSA) is 69.9 Å². The van der Waals surface area contributed by atoms with E-state index in [-0.39, 0.29) is 5.82 Å². The van der Waals surface area contributed by atoms with Gasteiger partial charge in [-0.15, -0.1) is 16.4 Å². The highest BCUT2D eigenvalue weighted by atomic mass is 32.1. The number of aromatic nitrogens is 4. The number of ether oxygens (including phenoxy) is 1. The van der Waals surface area contributed by atoms with Gasteiger partial charge in [-0.1, -0.05) is 6.07 Å². The van der Waals surface area contributed by atoms with Crippen LogP contribution in [0.4, 0.5) is 0 Å². The summed E-state index contributed by atoms with van der Waals surface area (Å²) in [5.74, 6) is -0.327. The van der Waals surface area contributed by atoms with E-state index in [2.05, 4.69) is 15.5 Å². The summed E-state index contributed by atoms with van der Waals surface area (Å²) in [7, 11) is 0. The van der Waals surface area contributed by atoms with Crippen molar-refractivity contribution < 1.29 is 9.53 Å². The first-order chi connectivity index (χ1) is 8.31. The molecule has 2 aromatic rings. The number of esters is 1. The number of thiophene rings is 1. The van der Waals surface area contributed by atoms with Crippen LogP contribution in [0, 0.1) is 0 Å². The van der Waals surface area contributed by atoms with Crippen molar-refractivity contribution >= 4 is 17.3 Å². The summed E-state index contributed by atoms with van der Waals surface area (Å²) in [6.07, 6.45) is 0.801. The summed E-state index contributed by atoms with van der Waals surface area (Å²) in [5.41, 5.74) is 0. The molecule has 0 radical (unpaired) electrons. The third-order valence-corrected chi connectivity index (χ3v) is 3.08. The van der Waals surface area contributed by atoms with Crippen molar-refractivity contribution in [3.8, 4) is 0 Å². The Labute approximate surface area is 102 Å². The number of hydrogen-bond donors (Lipinski definition) is 0. The molecule has 0 bridgehead atoms. The van der Waals surface area contributed by atoms with Crippen molar-refractivity contribution in [1.29, 1.82) is 0 Å². The van der Waals surface area contributed by atoms with Crippen molar-refractivity contribution in [2.75, 3.05) is 6.61 Å². The largest absolute Gasteiger partial charge is 0.460 e. The second kappa shape index (κ2) is 5.53. The second-order valence-electron chi connectivity index (χ2n) is 3.28. The van der Waals surface area contributed by atoms with Crippen LogP contribution in [0.5, 0.6) is 0 Å². The quantitative estimate of drug-likeness (QED) is 0.747. The van der Waals surface area contributed by atoms with Crippen LogP contribution in [0.1, 0.15) is 22.4 Å². The van der Waals surface area contributed by atoms with Gasteiger partial charge in [0.15, 0.2) is 0 Å². The van der Waals surface area contributed by atoms with E-state index < -0.39 is 5.97 Å². The zero-order valence-corrected chi connectivity index (χ0v) is 10.2. The van der Waals surface area contributed by atoms with Crippen molar-refractivity contribution in [3.05, 3.63) is 28.2 Å². The van der Waals surface area contributed by atoms with Gasteiger partial charge >= 0.3 is 5.97 Å². The number of carbonyl (C=O) groups is 1. The molecule has 0 atom stereocenters. The molecule has 0 aromatic carbocycles. The highest BCUT2D eigenvalue weighted by molar-refractivity contribution is 7.09. The molecule has 0 saturated heterocycles. The number of nitrogens with zero attached hydrogens (tertiary/aromatic N) is 4. The van der Waals surface area contributed by atoms with Gasteiger partial charge in [-0.05, 0) is 28.8 Å². The minimum Gasteiger partial charge on any atom is -0.460 e. The molecule has 0 aliphatic rings. The molecule has 0 aliphatic carbocycles. The summed E-state index contributed by atoms with van der Waals surface area (Å²) < 4.78 is 6.33. The molecule has 0 amide bonds. The Bertz CT molecular complexity index is 480. The van der Waals surface area contributed by atoms with E-state index in [4.69, 9.17) is 4.74 Å². The molecule has 7 heteroatoms. The maximum absolute atomic E-state index is 11.5. The van der Waals surface area contributed by atoms with Gasteiger partial charge in [0, 0.05) is 11.3 Å². The van der Waals surface area contributed by atoms with Gasteiger partial charge in [0.05, 0.1) is 13.2 Å². The van der Waals surface area contributed by atoms with Crippen molar-refractivity contribution in [3.63, 3.8) is 0 Å². The zero-order valence-electron chi connectivity index (χ0n) is 9.37. The lowest BCUT2D eigenvalue weighted by atomic mass is 10.3. The van der Waals surface area contributed by atoms with Crippen molar-refractivity contribution in [2.24, 2.45) is 0 Å². The van der Waals surface area contributed by atoms with Crippen LogP contribution in [-0.4, -0.2) is 32.8 Å². The standard InChI is InChI=1S/C10H12N4O2S/c1-2-16-10(15)9-11-12-13-14(9)6-5-8-4-3-7-17-8/h3-4,7H,2,5-6H2,1H3. The van der Waals surface area contributed by atoms with E-state index in [0.29, 0.717) is 13.2 Å². The molecule has 2 rings (SSSR count). The third-order valence-electron chi connectivity index (χ3n) is 2.14. The summed E-state index contributed by atoms with van der Waals surface area (Å²) >= 11 is 1.67. The fourth-order valence-corrected chi connectivity index (χ4v) is 2.07. The van der Waals surface area contributed by atoms with Gasteiger partial charge < -0.3 is 4.74 Å². The predicted octanol–water partition coefficient (Wildman–Crippen LogP) is 1.15. The van der Waals surface area contributed by atoms with Crippen LogP contribution in [0.25, 0.3) is 0 Å². The maximum Gasteiger partial charge on any atom is 0.378 e. The fraction of sp³-hybridized carbons (Fsp3) is 0.400. The average Bonchev–Trinajstić information content (AvgIpc) is 2.98. The molecular formula is C10H12N4O2S. The summed E-state index contributed by atoms with van der Waals surface area (Å²) in [4.78, 5) is 12.7. The minimum absolute atomic E-state index is 0.156. The molecule has 0 saturated carbocycles. The van der Waals surface area contributed by atoms with E-state index in [0.717, 1.165) is 6.42 Å². The van der Waals surface area contributed by atoms with Crippen LogP contribution in [0.2, 0.25) is 0 Å². The molecule has 0 aliphatic heterocycles. The first-order valence-electron chi connectivity index (χ1n) is 5.27. The predicted molar refractivity (Wildman–Crippen MR) is 61.8 cm³/mol. The average molecular weight is 252 g/mol. The highest BCUT2D eigenvalue weighted by Gasteiger charge is 2.16. The van der Waals surface area contributed by atoms with E-state index in [1.807, 2.05) is 17.5 Å². The SMILES string of the molecule is CCOC(=O)c1nnnn1CCc1cccs1. The first-order valence-corrected chi connectivity index (χ1v) is 6.15. The van der Waals surface area contributed by atoms with Crippen LogP contribution in [-0.2, 0) is 17.7 Å². The van der Waals surface area contributed by atoms with Gasteiger partial charge in [-0.2, -0.15) is 0 Å². The van der Waals surface area contributed by atoms with E-state index in [1.165, 1.54) is 9.56 Å². The van der Waals surface area contributed by atoms with Gasteiger partial charge in [0.2, 0.25) is 0 Å². The van der Waals surface area contributed by atoms with E-state index in [1.54, 1.807) is 18.3 Å². The molecule has 17 heavy (non-hydrogen) atoms. The molecule has 0 spiro atoms. The monoisotopic (exact) mass is 252 g/mol. The lowest BCUT2D eigenvalue weighted by Crippen LogP contribution is -2.15. The van der Waals surface area contributed by atoms with Gasteiger partial charge in [0.1, 0.15) is 0 Å². The number of rotatable bonds is 5. The van der Waals surface area contributed by atoms with E-state index >= 15 is 0 Å². The van der Waals surface area contributed by atoms with Crippen LogP contribution < -0.4 is 0 Å². The first kappa shape index (κ1) is 11.7. The Hall–Kier alpha value is -1.76. The molecule has 0 unspecified atom stereocenters. The summed E-state index contributed by atoms with van der Waals surface area (Å²) in [6.45, 7) is 2.63. The molecule has 0 fully saturated rings. The van der Waals surface area contributed by atoms with Gasteiger partial charge in [-0.25, -0.2) is 9.48 Å². The van der Waals surface area contributed by atoms with E-state index in [9.17, 15) is 4.79 Å². The molecule has 90 valence electrons. The third kappa shape index (κ3) is 2.88. The number of aryl methyl sites for hydroxylation is 2.